The van der Waals surface area contributed by atoms with E-state index in [9.17, 15) is 9.59 Å². The Morgan fingerprint density at radius 2 is 2.04 bits per heavy atom. The maximum atomic E-state index is 12.6. The zero-order chi connectivity index (χ0) is 18.4. The Morgan fingerprint density at radius 1 is 1.36 bits per heavy atom. The number of β-lactam (4-membered cyclic amide) rings is 1. The SMILES string of the molecule is C#CCCOC(=O)N1C(=O)[C@H](O[Si](CC)(CC)CC)[C@@H]1c1ccco1. The number of amides is 2. The van der Waals surface area contributed by atoms with Gasteiger partial charge in [-0.15, -0.1) is 12.3 Å². The van der Waals surface area contributed by atoms with Crippen molar-refractivity contribution in [3.8, 4) is 12.3 Å². The van der Waals surface area contributed by atoms with Gasteiger partial charge in [0.2, 0.25) is 0 Å². The van der Waals surface area contributed by atoms with Gasteiger partial charge in [0, 0.05) is 6.42 Å². The number of rotatable bonds is 8. The lowest BCUT2D eigenvalue weighted by Crippen LogP contribution is -2.64. The lowest BCUT2D eigenvalue weighted by atomic mass is 9.96. The summed E-state index contributed by atoms with van der Waals surface area (Å²) in [7, 11) is -2.01. The number of nitrogens with zero attached hydrogens (tertiary/aromatic N) is 1. The van der Waals surface area contributed by atoms with Crippen LogP contribution < -0.4 is 0 Å². The van der Waals surface area contributed by atoms with Gasteiger partial charge >= 0.3 is 6.09 Å². The third-order valence-electron chi connectivity index (χ3n) is 4.86. The Bertz CT molecular complexity index is 624. The van der Waals surface area contributed by atoms with Crippen molar-refractivity contribution in [2.24, 2.45) is 0 Å². The second-order valence-corrected chi connectivity index (χ2v) is 10.7. The van der Waals surface area contributed by atoms with Gasteiger partial charge < -0.3 is 13.6 Å². The molecule has 0 radical (unpaired) electrons. The van der Waals surface area contributed by atoms with E-state index in [2.05, 4.69) is 26.7 Å². The van der Waals surface area contributed by atoms with Crippen LogP contribution in [0.1, 0.15) is 39.0 Å². The van der Waals surface area contributed by atoms with Crippen LogP contribution in [-0.2, 0) is 14.0 Å². The zero-order valence-electron chi connectivity index (χ0n) is 15.0. The van der Waals surface area contributed by atoms with Gasteiger partial charge in [0.15, 0.2) is 14.4 Å². The van der Waals surface area contributed by atoms with E-state index in [0.717, 1.165) is 23.0 Å². The van der Waals surface area contributed by atoms with Crippen molar-refractivity contribution in [2.75, 3.05) is 6.61 Å². The maximum absolute atomic E-state index is 12.6. The molecule has 0 unspecified atom stereocenters. The molecule has 136 valence electrons. The zero-order valence-corrected chi connectivity index (χ0v) is 16.0. The average Bonchev–Trinajstić information content (AvgIpc) is 3.15. The molecule has 1 aromatic heterocycles. The molecule has 0 N–H and O–H groups in total. The molecule has 0 saturated carbocycles. The third kappa shape index (κ3) is 3.80. The summed E-state index contributed by atoms with van der Waals surface area (Å²) in [6, 6.07) is 5.63. The van der Waals surface area contributed by atoms with Gasteiger partial charge in [0.05, 0.1) is 6.26 Å². The van der Waals surface area contributed by atoms with Crippen LogP contribution >= 0.6 is 0 Å². The Morgan fingerprint density at radius 3 is 2.56 bits per heavy atom. The maximum Gasteiger partial charge on any atom is 0.417 e. The summed E-state index contributed by atoms with van der Waals surface area (Å²) in [4.78, 5) is 25.9. The van der Waals surface area contributed by atoms with Crippen LogP contribution in [-0.4, -0.2) is 37.9 Å². The molecule has 0 aromatic carbocycles. The first-order valence-electron chi connectivity index (χ1n) is 8.68. The largest absolute Gasteiger partial charge is 0.467 e. The Balaban J connectivity index is 2.19. The van der Waals surface area contributed by atoms with Crippen LogP contribution in [0.5, 0.6) is 0 Å². The summed E-state index contributed by atoms with van der Waals surface area (Å²) >= 11 is 0. The fourth-order valence-electron chi connectivity index (χ4n) is 3.05. The lowest BCUT2D eigenvalue weighted by molar-refractivity contribution is -0.162. The van der Waals surface area contributed by atoms with E-state index in [4.69, 9.17) is 20.0 Å². The first kappa shape index (κ1) is 19.3. The van der Waals surface area contributed by atoms with Crippen LogP contribution in [0.15, 0.2) is 22.8 Å². The van der Waals surface area contributed by atoms with Gasteiger partial charge in [-0.3, -0.25) is 4.79 Å². The normalized spacial score (nSPS) is 20.1. The molecule has 2 atom stereocenters. The van der Waals surface area contributed by atoms with E-state index in [1.165, 1.54) is 6.26 Å². The highest BCUT2D eigenvalue weighted by Gasteiger charge is 2.56. The van der Waals surface area contributed by atoms with Crippen molar-refractivity contribution in [1.82, 2.24) is 4.90 Å². The molecule has 1 aliphatic rings. The molecule has 1 aromatic rings. The van der Waals surface area contributed by atoms with E-state index < -0.39 is 26.6 Å². The number of carbonyl (C=O) groups is 2. The molecule has 1 saturated heterocycles. The number of imide groups is 1. The van der Waals surface area contributed by atoms with Crippen LogP contribution in [0.25, 0.3) is 0 Å². The number of terminal acetylenes is 1. The lowest BCUT2D eigenvalue weighted by Gasteiger charge is -2.46. The van der Waals surface area contributed by atoms with Gasteiger partial charge in [-0.2, -0.15) is 0 Å². The standard InChI is InChI=1S/C18H25NO5Si/c1-5-9-12-23-18(21)19-15(14-11-10-13-22-14)16(17(19)20)24-25(6-2,7-3)8-4/h1,10-11,13,15-16H,6-9,12H2,2-4H3/t15-,16+/m0/s1. The van der Waals surface area contributed by atoms with E-state index in [-0.39, 0.29) is 12.5 Å². The Kier molecular flexibility index (Phi) is 6.45. The number of likely N-dealkylation sites (tertiary alicyclic amines) is 1. The summed E-state index contributed by atoms with van der Waals surface area (Å²) in [5.74, 6) is 2.53. The third-order valence-corrected chi connectivity index (χ3v) is 9.48. The van der Waals surface area contributed by atoms with E-state index >= 15 is 0 Å². The van der Waals surface area contributed by atoms with Crippen LogP contribution in [0.2, 0.25) is 18.1 Å². The second-order valence-electron chi connectivity index (χ2n) is 6.02. The minimum absolute atomic E-state index is 0.0765. The van der Waals surface area contributed by atoms with Gasteiger partial charge in [0.1, 0.15) is 18.4 Å². The minimum Gasteiger partial charge on any atom is -0.467 e. The van der Waals surface area contributed by atoms with E-state index in [1.807, 2.05) is 0 Å². The van der Waals surface area contributed by atoms with Gasteiger partial charge in [0.25, 0.3) is 5.91 Å². The van der Waals surface area contributed by atoms with Crippen LogP contribution in [0.4, 0.5) is 4.79 Å². The Labute approximate surface area is 149 Å². The molecule has 2 amide bonds. The monoisotopic (exact) mass is 363 g/mol. The molecule has 0 bridgehead atoms. The second kappa shape index (κ2) is 8.36. The first-order valence-corrected chi connectivity index (χ1v) is 11.2. The van der Waals surface area contributed by atoms with E-state index in [1.54, 1.807) is 12.1 Å². The van der Waals surface area contributed by atoms with Crippen molar-refractivity contribution < 1.29 is 23.2 Å². The number of hydrogen-bond acceptors (Lipinski definition) is 5. The predicted octanol–water partition coefficient (Wildman–Crippen LogP) is 3.71. The Hall–Kier alpha value is -2.04. The molecular weight excluding hydrogens is 338 g/mol. The molecule has 0 aliphatic carbocycles. The highest BCUT2D eigenvalue weighted by atomic mass is 28.4. The number of ether oxygens (including phenoxy) is 1. The summed E-state index contributed by atoms with van der Waals surface area (Å²) in [5, 5.41) is 0. The fourth-order valence-corrected chi connectivity index (χ4v) is 5.82. The van der Waals surface area contributed by atoms with Crippen LogP contribution in [0.3, 0.4) is 0 Å². The fraction of sp³-hybridized carbons (Fsp3) is 0.556. The topological polar surface area (TPSA) is 69.0 Å². The highest BCUT2D eigenvalue weighted by molar-refractivity contribution is 6.73. The predicted molar refractivity (Wildman–Crippen MR) is 95.2 cm³/mol. The quantitative estimate of drug-likeness (QED) is 0.305. The molecule has 1 fully saturated rings. The van der Waals surface area contributed by atoms with Gasteiger partial charge in [-0.25, -0.2) is 9.69 Å². The van der Waals surface area contributed by atoms with E-state index in [0.29, 0.717) is 12.2 Å². The molecule has 0 spiro atoms. The first-order chi connectivity index (χ1) is 12.0. The van der Waals surface area contributed by atoms with Crippen molar-refractivity contribution in [3.63, 3.8) is 0 Å². The molecular formula is C18H25NO5Si. The van der Waals surface area contributed by atoms with Crippen molar-refractivity contribution in [1.29, 1.82) is 0 Å². The highest BCUT2D eigenvalue weighted by Crippen LogP contribution is 2.41. The average molecular weight is 363 g/mol. The minimum atomic E-state index is -2.01. The summed E-state index contributed by atoms with van der Waals surface area (Å²) in [6.45, 7) is 6.36. The van der Waals surface area contributed by atoms with Gasteiger partial charge in [-0.05, 0) is 30.3 Å². The molecule has 7 heteroatoms. The number of carbonyl (C=O) groups excluding carboxylic acids is 2. The summed E-state index contributed by atoms with van der Waals surface area (Å²) in [5.41, 5.74) is 0. The van der Waals surface area contributed by atoms with Crippen molar-refractivity contribution >= 4 is 20.3 Å². The molecule has 25 heavy (non-hydrogen) atoms. The summed E-state index contributed by atoms with van der Waals surface area (Å²) in [6.07, 6.45) is 5.57. The molecule has 6 nitrogen and oxygen atoms in total. The number of furan rings is 1. The van der Waals surface area contributed by atoms with Crippen LogP contribution in [0, 0.1) is 12.3 Å². The van der Waals surface area contributed by atoms with Gasteiger partial charge in [-0.1, -0.05) is 20.8 Å². The summed E-state index contributed by atoms with van der Waals surface area (Å²) < 4.78 is 16.8. The van der Waals surface area contributed by atoms with Crippen molar-refractivity contribution in [3.05, 3.63) is 24.2 Å². The molecule has 1 aliphatic heterocycles. The molecule has 2 rings (SSSR count). The molecule has 2 heterocycles. The van der Waals surface area contributed by atoms with Crippen molar-refractivity contribution in [2.45, 2.75) is 57.5 Å². The number of hydrogen-bond donors (Lipinski definition) is 0. The smallest absolute Gasteiger partial charge is 0.417 e.